The van der Waals surface area contributed by atoms with Gasteiger partial charge in [-0.1, -0.05) is 23.8 Å². The van der Waals surface area contributed by atoms with E-state index in [0.29, 0.717) is 16.3 Å². The van der Waals surface area contributed by atoms with Crippen LogP contribution in [0, 0.1) is 13.8 Å². The molecule has 0 bridgehead atoms. The Balaban J connectivity index is 1.39. The van der Waals surface area contributed by atoms with Crippen molar-refractivity contribution in [3.05, 3.63) is 113 Å². The van der Waals surface area contributed by atoms with Crippen molar-refractivity contribution in [3.63, 3.8) is 0 Å². The number of hydrogen-bond acceptors (Lipinski definition) is 7. The first kappa shape index (κ1) is 27.5. The molecule has 0 saturated heterocycles. The third-order valence-electron chi connectivity index (χ3n) is 5.75. The average molecular weight is 547 g/mol. The molecule has 0 radical (unpaired) electrons. The Hall–Kier alpha value is -4.51. The summed E-state index contributed by atoms with van der Waals surface area (Å²) < 4.78 is 18.3. The minimum Gasteiger partial charge on any atom is -0.478 e. The van der Waals surface area contributed by atoms with Crippen LogP contribution in [0.1, 0.15) is 37.4 Å². The molecule has 0 saturated carbocycles. The van der Waals surface area contributed by atoms with Crippen LogP contribution in [0.5, 0.6) is 5.75 Å². The highest BCUT2D eigenvalue weighted by atomic mass is 32.2. The monoisotopic (exact) mass is 546 g/mol. The van der Waals surface area contributed by atoms with Crippen molar-refractivity contribution >= 4 is 40.0 Å². The lowest BCUT2D eigenvalue weighted by atomic mass is 10.0. The van der Waals surface area contributed by atoms with Gasteiger partial charge in [-0.05, 0) is 86.1 Å². The lowest BCUT2D eigenvalue weighted by molar-refractivity contribution is -0.252. The molecule has 4 N–H and O–H groups in total. The predicted octanol–water partition coefficient (Wildman–Crippen LogP) is 6.09. The molecular weight excluding hydrogens is 520 g/mol. The molecule has 0 fully saturated rings. The summed E-state index contributed by atoms with van der Waals surface area (Å²) in [6.07, 6.45) is 0. The van der Waals surface area contributed by atoms with Crippen molar-refractivity contribution in [2.24, 2.45) is 0 Å². The molecule has 9 nitrogen and oxygen atoms in total. The average Bonchev–Trinajstić information content (AvgIpc) is 2.91. The minimum absolute atomic E-state index is 0.0422. The molecule has 4 aromatic rings. The van der Waals surface area contributed by atoms with Gasteiger partial charge in [-0.25, -0.2) is 13.9 Å². The van der Waals surface area contributed by atoms with Gasteiger partial charge in [0.25, 0.3) is 5.91 Å². The second-order valence-corrected chi connectivity index (χ2v) is 9.84. The highest BCUT2D eigenvalue weighted by molar-refractivity contribution is 7.80. The van der Waals surface area contributed by atoms with Crippen LogP contribution in [0.4, 0.5) is 17.1 Å². The third kappa shape index (κ3) is 7.08. The van der Waals surface area contributed by atoms with E-state index in [-0.39, 0.29) is 17.7 Å². The molecule has 1 amide bonds. The van der Waals surface area contributed by atoms with E-state index in [0.717, 1.165) is 28.1 Å². The summed E-state index contributed by atoms with van der Waals surface area (Å²) >= 11 is -1.81. The number of aromatic carboxylic acids is 1. The second kappa shape index (κ2) is 12.4. The van der Waals surface area contributed by atoms with Gasteiger partial charge in [0.15, 0.2) is 0 Å². The lowest BCUT2D eigenvalue weighted by Crippen LogP contribution is -2.16. The van der Waals surface area contributed by atoms with E-state index in [9.17, 15) is 18.9 Å². The normalized spacial score (nSPS) is 11.5. The zero-order chi connectivity index (χ0) is 27.9. The smallest absolute Gasteiger partial charge is 0.336 e. The molecule has 1 atom stereocenters. The Bertz CT molecular complexity index is 1520. The van der Waals surface area contributed by atoms with E-state index in [4.69, 9.17) is 9.44 Å². The Morgan fingerprint density at radius 1 is 0.821 bits per heavy atom. The quantitative estimate of drug-likeness (QED) is 0.139. The van der Waals surface area contributed by atoms with E-state index in [1.165, 1.54) is 12.1 Å². The first-order valence-corrected chi connectivity index (χ1v) is 12.9. The van der Waals surface area contributed by atoms with Crippen molar-refractivity contribution in [1.29, 1.82) is 0 Å². The van der Waals surface area contributed by atoms with Gasteiger partial charge in [-0.15, -0.1) is 0 Å². The highest BCUT2D eigenvalue weighted by Gasteiger charge is 2.17. The Morgan fingerprint density at radius 2 is 1.46 bits per heavy atom. The first-order chi connectivity index (χ1) is 18.7. The SMILES string of the molecule is Cc1ccc(COO)c(Nc2ccc(OS(=O)c3ccc(NC(=O)c4cc(C)ccc4C(=O)O)cc3)cc2)c1. The molecule has 39 heavy (non-hydrogen) atoms. The van der Waals surface area contributed by atoms with Crippen LogP contribution in [0.3, 0.4) is 0 Å². The van der Waals surface area contributed by atoms with Crippen LogP contribution < -0.4 is 14.8 Å². The number of carbonyl (C=O) groups excluding carboxylic acids is 1. The van der Waals surface area contributed by atoms with Crippen LogP contribution in [-0.2, 0) is 22.6 Å². The molecular formula is C29H26N2O7S. The van der Waals surface area contributed by atoms with Gasteiger partial charge >= 0.3 is 5.97 Å². The molecule has 1 unspecified atom stereocenters. The Labute approximate surface area is 227 Å². The summed E-state index contributed by atoms with van der Waals surface area (Å²) in [7, 11) is 0. The highest BCUT2D eigenvalue weighted by Crippen LogP contribution is 2.26. The fourth-order valence-electron chi connectivity index (χ4n) is 3.77. The van der Waals surface area contributed by atoms with Crippen LogP contribution in [0.15, 0.2) is 89.8 Å². The summed E-state index contributed by atoms with van der Waals surface area (Å²) in [6, 6.07) is 23.4. The molecule has 0 aliphatic heterocycles. The standard InChI is InChI=1S/C29H26N2O7S/c1-18-4-14-25(29(33)34)26(15-18)28(32)31-22-8-12-24(13-9-22)39(36)38-23-10-6-21(7-11-23)30-27-16-19(2)3-5-20(27)17-37-35/h3-16,30,35H,17H2,1-2H3,(H,31,32)(H,33,34). The molecule has 10 heteroatoms. The zero-order valence-electron chi connectivity index (χ0n) is 21.1. The van der Waals surface area contributed by atoms with E-state index in [2.05, 4.69) is 15.5 Å². The van der Waals surface area contributed by atoms with Gasteiger partial charge in [0.05, 0.1) is 16.0 Å². The number of hydrogen-bond donors (Lipinski definition) is 4. The van der Waals surface area contributed by atoms with Crippen LogP contribution in [0.2, 0.25) is 0 Å². The molecule has 0 aliphatic rings. The van der Waals surface area contributed by atoms with Crippen molar-refractivity contribution < 1.29 is 33.2 Å². The topological polar surface area (TPSA) is 134 Å². The molecule has 0 aliphatic carbocycles. The lowest BCUT2D eigenvalue weighted by Gasteiger charge is -2.13. The first-order valence-electron chi connectivity index (χ1n) is 11.8. The van der Waals surface area contributed by atoms with Gasteiger partial charge in [0.1, 0.15) is 12.4 Å². The Morgan fingerprint density at radius 3 is 2.13 bits per heavy atom. The van der Waals surface area contributed by atoms with Crippen molar-refractivity contribution in [2.45, 2.75) is 25.3 Å². The fraction of sp³-hybridized carbons (Fsp3) is 0.103. The summed E-state index contributed by atoms with van der Waals surface area (Å²) in [5.41, 5.74) is 4.50. The van der Waals surface area contributed by atoms with Gasteiger partial charge < -0.3 is 19.9 Å². The molecule has 4 aromatic carbocycles. The summed E-state index contributed by atoms with van der Waals surface area (Å²) in [4.78, 5) is 28.8. The maximum absolute atomic E-state index is 12.7. The number of rotatable bonds is 10. The maximum atomic E-state index is 12.7. The van der Waals surface area contributed by atoms with E-state index >= 15 is 0 Å². The predicted molar refractivity (Wildman–Crippen MR) is 148 cm³/mol. The Kier molecular flexibility index (Phi) is 8.72. The second-order valence-electron chi connectivity index (χ2n) is 8.73. The largest absolute Gasteiger partial charge is 0.478 e. The molecule has 0 spiro atoms. The van der Waals surface area contributed by atoms with Crippen LogP contribution >= 0.6 is 0 Å². The zero-order valence-corrected chi connectivity index (χ0v) is 22.0. The summed E-state index contributed by atoms with van der Waals surface area (Å²) in [5, 5.41) is 24.1. The van der Waals surface area contributed by atoms with Gasteiger partial charge in [-0.3, -0.25) is 10.1 Å². The minimum atomic E-state index is -1.81. The number of benzene rings is 4. The third-order valence-corrected chi connectivity index (χ3v) is 6.75. The van der Waals surface area contributed by atoms with Crippen molar-refractivity contribution in [1.82, 2.24) is 0 Å². The number of carboxylic acids is 1. The number of amides is 1. The molecule has 4 rings (SSSR count). The van der Waals surface area contributed by atoms with E-state index in [1.54, 1.807) is 61.5 Å². The number of aryl methyl sites for hydroxylation is 2. The molecule has 0 aromatic heterocycles. The summed E-state index contributed by atoms with van der Waals surface area (Å²) in [5.74, 6) is -1.36. The van der Waals surface area contributed by atoms with Gasteiger partial charge in [0, 0.05) is 22.6 Å². The number of carboxylic acid groups (broad SMARTS) is 1. The van der Waals surface area contributed by atoms with Crippen LogP contribution in [0.25, 0.3) is 0 Å². The van der Waals surface area contributed by atoms with Crippen LogP contribution in [-0.4, -0.2) is 26.4 Å². The molecule has 0 heterocycles. The van der Waals surface area contributed by atoms with E-state index < -0.39 is 23.0 Å². The summed E-state index contributed by atoms with van der Waals surface area (Å²) in [6.45, 7) is 3.77. The number of anilines is 3. The van der Waals surface area contributed by atoms with Gasteiger partial charge in [-0.2, -0.15) is 0 Å². The fourth-order valence-corrected chi connectivity index (χ4v) is 4.51. The number of carbonyl (C=O) groups is 2. The van der Waals surface area contributed by atoms with Crippen molar-refractivity contribution in [2.75, 3.05) is 10.6 Å². The maximum Gasteiger partial charge on any atom is 0.336 e. The number of nitrogens with one attached hydrogen (secondary N) is 2. The van der Waals surface area contributed by atoms with E-state index in [1.807, 2.05) is 25.1 Å². The van der Waals surface area contributed by atoms with Crippen molar-refractivity contribution in [3.8, 4) is 5.75 Å². The molecule has 200 valence electrons. The van der Waals surface area contributed by atoms with Gasteiger partial charge in [0.2, 0.25) is 11.1 Å².